The van der Waals surface area contributed by atoms with Crippen LogP contribution < -0.4 is 10.9 Å². The number of thioether (sulfide) groups is 1. The molecule has 0 saturated carbocycles. The van der Waals surface area contributed by atoms with Gasteiger partial charge in [0.25, 0.3) is 5.56 Å². The van der Waals surface area contributed by atoms with Crippen molar-refractivity contribution in [3.05, 3.63) is 75.2 Å². The van der Waals surface area contributed by atoms with Crippen molar-refractivity contribution in [2.75, 3.05) is 18.2 Å². The van der Waals surface area contributed by atoms with E-state index in [4.69, 9.17) is 4.74 Å². The Morgan fingerprint density at radius 2 is 2.11 bits per heavy atom. The summed E-state index contributed by atoms with van der Waals surface area (Å²) in [5, 5.41) is 3.61. The number of aromatic nitrogens is 2. The molecule has 1 atom stereocenters. The van der Waals surface area contributed by atoms with Gasteiger partial charge in [-0.2, -0.15) is 0 Å². The molecule has 0 fully saturated rings. The van der Waals surface area contributed by atoms with Gasteiger partial charge in [0, 0.05) is 11.4 Å². The number of fused-ring (bicyclic) bond motifs is 1. The summed E-state index contributed by atoms with van der Waals surface area (Å²) >= 11 is 1.39. The number of methoxy groups -OCH3 is 1. The number of nitrogens with zero attached hydrogens (tertiary/aromatic N) is 1. The molecule has 1 aromatic heterocycles. The number of aromatic amines is 1. The van der Waals surface area contributed by atoms with Gasteiger partial charge in [0.1, 0.15) is 5.82 Å². The molecule has 0 spiro atoms. The van der Waals surface area contributed by atoms with Gasteiger partial charge in [-0.3, -0.25) is 4.79 Å². The van der Waals surface area contributed by atoms with E-state index in [2.05, 4.69) is 21.9 Å². The molecule has 0 saturated heterocycles. The average molecular weight is 383 g/mol. The van der Waals surface area contributed by atoms with Gasteiger partial charge in [-0.1, -0.05) is 42.1 Å². The van der Waals surface area contributed by atoms with E-state index in [1.54, 1.807) is 13.0 Å². The molecular formula is C20H21N3O3S. The molecule has 0 amide bonds. The van der Waals surface area contributed by atoms with Crippen molar-refractivity contribution in [2.24, 2.45) is 0 Å². The molecule has 0 aliphatic carbocycles. The number of nitrogens with one attached hydrogen (secondary N) is 2. The lowest BCUT2D eigenvalue weighted by Crippen LogP contribution is -2.31. The van der Waals surface area contributed by atoms with Gasteiger partial charge in [0.05, 0.1) is 24.2 Å². The van der Waals surface area contributed by atoms with E-state index in [9.17, 15) is 9.59 Å². The van der Waals surface area contributed by atoms with E-state index >= 15 is 0 Å². The van der Waals surface area contributed by atoms with E-state index in [-0.39, 0.29) is 5.56 Å². The molecule has 2 heterocycles. The quantitative estimate of drug-likeness (QED) is 0.356. The minimum absolute atomic E-state index is 0.277. The van der Waals surface area contributed by atoms with Gasteiger partial charge in [-0.05, 0) is 25.0 Å². The Kier molecular flexibility index (Phi) is 5.51. The number of carbonyl (C=O) groups is 1. The molecule has 140 valence electrons. The Morgan fingerprint density at radius 1 is 1.37 bits per heavy atom. The van der Waals surface area contributed by atoms with Crippen molar-refractivity contribution < 1.29 is 9.53 Å². The number of esters is 1. The first-order valence-corrected chi connectivity index (χ1v) is 9.46. The number of hydrogen-bond acceptors (Lipinski definition) is 6. The fourth-order valence-electron chi connectivity index (χ4n) is 3.24. The van der Waals surface area contributed by atoms with Crippen LogP contribution in [0.1, 0.15) is 29.5 Å². The summed E-state index contributed by atoms with van der Waals surface area (Å²) in [5.74, 6) is 0.0716. The summed E-state index contributed by atoms with van der Waals surface area (Å²) in [7, 11) is 1.34. The normalized spacial score (nSPS) is 15.7. The van der Waals surface area contributed by atoms with Crippen LogP contribution in [-0.2, 0) is 9.53 Å². The molecule has 1 aliphatic rings. The largest absolute Gasteiger partial charge is 0.466 e. The lowest BCUT2D eigenvalue weighted by Gasteiger charge is -2.29. The van der Waals surface area contributed by atoms with Crippen molar-refractivity contribution in [2.45, 2.75) is 24.9 Å². The van der Waals surface area contributed by atoms with Gasteiger partial charge in [-0.25, -0.2) is 9.78 Å². The molecule has 2 aromatic rings. The maximum Gasteiger partial charge on any atom is 0.336 e. The second-order valence-electron chi connectivity index (χ2n) is 6.18. The SMILES string of the molecule is C=CCSc1nc2c(c(=O)[nH]1)[C@H](c1ccccc1C)C(C(=O)OC)=C(C)N2. The highest BCUT2D eigenvalue weighted by molar-refractivity contribution is 7.99. The zero-order chi connectivity index (χ0) is 19.6. The number of H-pyrrole nitrogens is 1. The number of anilines is 1. The number of aryl methyl sites for hydroxylation is 1. The summed E-state index contributed by atoms with van der Waals surface area (Å²) in [6.45, 7) is 7.43. The van der Waals surface area contributed by atoms with Gasteiger partial charge in [0.2, 0.25) is 0 Å². The first-order valence-electron chi connectivity index (χ1n) is 8.47. The maximum atomic E-state index is 13.0. The third kappa shape index (κ3) is 3.55. The molecule has 0 unspecified atom stereocenters. The van der Waals surface area contributed by atoms with Crippen LogP contribution in [0.15, 0.2) is 58.1 Å². The topological polar surface area (TPSA) is 84.1 Å². The molecule has 27 heavy (non-hydrogen) atoms. The Balaban J connectivity index is 2.25. The number of carbonyl (C=O) groups excluding carboxylic acids is 1. The van der Waals surface area contributed by atoms with Crippen LogP contribution in [0.25, 0.3) is 0 Å². The molecule has 2 N–H and O–H groups in total. The highest BCUT2D eigenvalue weighted by atomic mass is 32.2. The van der Waals surface area contributed by atoms with E-state index in [1.807, 2.05) is 31.2 Å². The second-order valence-corrected chi connectivity index (χ2v) is 7.19. The first-order chi connectivity index (χ1) is 13.0. The molecular weight excluding hydrogens is 362 g/mol. The van der Waals surface area contributed by atoms with Crippen molar-refractivity contribution in [3.8, 4) is 0 Å². The monoisotopic (exact) mass is 383 g/mol. The van der Waals surface area contributed by atoms with Gasteiger partial charge < -0.3 is 15.0 Å². The van der Waals surface area contributed by atoms with E-state index in [1.165, 1.54) is 18.9 Å². The zero-order valence-electron chi connectivity index (χ0n) is 15.5. The zero-order valence-corrected chi connectivity index (χ0v) is 16.3. The molecule has 3 rings (SSSR count). The van der Waals surface area contributed by atoms with E-state index < -0.39 is 11.9 Å². The number of benzene rings is 1. The molecule has 0 radical (unpaired) electrons. The maximum absolute atomic E-state index is 13.0. The van der Waals surface area contributed by atoms with E-state index in [0.29, 0.717) is 33.6 Å². The Morgan fingerprint density at radius 3 is 2.78 bits per heavy atom. The standard InChI is InChI=1S/C20H21N3O3S/c1-5-10-27-20-22-17-16(18(24)23-20)15(13-9-7-6-8-11(13)2)14(12(3)21-17)19(25)26-4/h5-9,15H,1,10H2,2-4H3,(H2,21,22,23,24)/t15-/m1/s1. The van der Waals surface area contributed by atoms with Gasteiger partial charge >= 0.3 is 5.97 Å². The Bertz CT molecular complexity index is 994. The van der Waals surface area contributed by atoms with Crippen molar-refractivity contribution in [1.82, 2.24) is 9.97 Å². The molecule has 1 aliphatic heterocycles. The lowest BCUT2D eigenvalue weighted by atomic mass is 9.80. The molecule has 1 aromatic carbocycles. The van der Waals surface area contributed by atoms with Crippen LogP contribution in [0, 0.1) is 6.92 Å². The smallest absolute Gasteiger partial charge is 0.336 e. The van der Waals surface area contributed by atoms with Crippen molar-refractivity contribution in [1.29, 1.82) is 0 Å². The summed E-state index contributed by atoms with van der Waals surface area (Å²) in [5.41, 5.74) is 3.03. The number of allylic oxidation sites excluding steroid dienone is 1. The third-order valence-electron chi connectivity index (χ3n) is 4.46. The lowest BCUT2D eigenvalue weighted by molar-refractivity contribution is -0.136. The summed E-state index contributed by atoms with van der Waals surface area (Å²) in [6, 6.07) is 7.69. The fourth-order valence-corrected chi connectivity index (χ4v) is 3.84. The van der Waals surface area contributed by atoms with Crippen LogP contribution in [0.3, 0.4) is 0 Å². The Hall–Kier alpha value is -2.80. The molecule has 0 bridgehead atoms. The van der Waals surface area contributed by atoms with E-state index in [0.717, 1.165) is 11.1 Å². The fraction of sp³-hybridized carbons (Fsp3) is 0.250. The predicted molar refractivity (Wildman–Crippen MR) is 107 cm³/mol. The van der Waals surface area contributed by atoms with Crippen LogP contribution in [0.5, 0.6) is 0 Å². The third-order valence-corrected chi connectivity index (χ3v) is 5.33. The van der Waals surface area contributed by atoms with Gasteiger partial charge in [-0.15, -0.1) is 6.58 Å². The van der Waals surface area contributed by atoms with Gasteiger partial charge in [0.15, 0.2) is 5.16 Å². The first kappa shape index (κ1) is 19.0. The Labute approximate surface area is 161 Å². The number of ether oxygens (including phenoxy) is 1. The summed E-state index contributed by atoms with van der Waals surface area (Å²) in [6.07, 6.45) is 1.74. The summed E-state index contributed by atoms with van der Waals surface area (Å²) in [4.78, 5) is 32.9. The second kappa shape index (κ2) is 7.84. The highest BCUT2D eigenvalue weighted by Crippen LogP contribution is 2.41. The van der Waals surface area contributed by atoms with Crippen LogP contribution in [-0.4, -0.2) is 28.8 Å². The number of hydrogen-bond donors (Lipinski definition) is 2. The minimum Gasteiger partial charge on any atom is -0.466 e. The summed E-state index contributed by atoms with van der Waals surface area (Å²) < 4.78 is 5.00. The van der Waals surface area contributed by atoms with Crippen molar-refractivity contribution in [3.63, 3.8) is 0 Å². The van der Waals surface area contributed by atoms with Crippen LogP contribution in [0.4, 0.5) is 5.82 Å². The van der Waals surface area contributed by atoms with Crippen molar-refractivity contribution >= 4 is 23.5 Å². The molecule has 7 heteroatoms. The predicted octanol–water partition coefficient (Wildman–Crippen LogP) is 3.36. The minimum atomic E-state index is -0.551. The van der Waals surface area contributed by atoms with Crippen LogP contribution >= 0.6 is 11.8 Å². The average Bonchev–Trinajstić information content (AvgIpc) is 2.65. The molecule has 6 nitrogen and oxygen atoms in total. The number of rotatable bonds is 5. The highest BCUT2D eigenvalue weighted by Gasteiger charge is 2.36. The van der Waals surface area contributed by atoms with Crippen LogP contribution in [0.2, 0.25) is 0 Å².